The summed E-state index contributed by atoms with van der Waals surface area (Å²) in [6, 6.07) is 4.79. The third kappa shape index (κ3) is 6.07. The van der Waals surface area contributed by atoms with E-state index in [1.165, 1.54) is 28.8 Å². The second-order valence-corrected chi connectivity index (χ2v) is 8.94. The molecule has 0 spiro atoms. The van der Waals surface area contributed by atoms with Crippen molar-refractivity contribution in [2.75, 3.05) is 26.2 Å². The Kier molecular flexibility index (Phi) is 8.51. The molecule has 2 rings (SSSR count). The van der Waals surface area contributed by atoms with Gasteiger partial charge in [-0.15, -0.1) is 0 Å². The number of ether oxygens (including phenoxy) is 1. The van der Waals surface area contributed by atoms with Gasteiger partial charge in [0.25, 0.3) is 0 Å². The fraction of sp³-hybridized carbons (Fsp3) is 0.571. The highest BCUT2D eigenvalue weighted by Crippen LogP contribution is 2.24. The minimum Gasteiger partial charge on any atom is -0.494 e. The molecule has 7 heteroatoms. The first-order valence-corrected chi connectivity index (χ1v) is 11.5. The first-order valence-electron chi connectivity index (χ1n) is 10.1. The van der Waals surface area contributed by atoms with Gasteiger partial charge in [-0.05, 0) is 69.7 Å². The van der Waals surface area contributed by atoms with Gasteiger partial charge in [0.1, 0.15) is 5.75 Å². The van der Waals surface area contributed by atoms with Gasteiger partial charge in [-0.25, -0.2) is 8.42 Å². The number of likely N-dealkylation sites (N-methyl/N-ethyl adjacent to an activating group) is 1. The molecule has 0 atom stereocenters. The predicted octanol–water partition coefficient (Wildman–Crippen LogP) is 3.41. The molecular weight excluding hydrogens is 376 g/mol. The second kappa shape index (κ2) is 10.6. The SMILES string of the molecule is CCOc1ccc(S(=O)(=O)N(CC)CC(=O)NCCC2=CCCCC2)cc1C. The van der Waals surface area contributed by atoms with Crippen molar-refractivity contribution in [2.24, 2.45) is 0 Å². The highest BCUT2D eigenvalue weighted by molar-refractivity contribution is 7.89. The van der Waals surface area contributed by atoms with Gasteiger partial charge in [-0.1, -0.05) is 18.6 Å². The number of benzene rings is 1. The maximum absolute atomic E-state index is 12.9. The van der Waals surface area contributed by atoms with Crippen LogP contribution in [0.3, 0.4) is 0 Å². The van der Waals surface area contributed by atoms with E-state index in [0.29, 0.717) is 18.9 Å². The summed E-state index contributed by atoms with van der Waals surface area (Å²) < 4.78 is 32.6. The number of allylic oxidation sites excluding steroid dienone is 1. The maximum atomic E-state index is 12.9. The molecule has 6 nitrogen and oxygen atoms in total. The molecule has 1 aliphatic carbocycles. The Morgan fingerprint density at radius 1 is 1.25 bits per heavy atom. The lowest BCUT2D eigenvalue weighted by Crippen LogP contribution is -2.40. The van der Waals surface area contributed by atoms with Gasteiger partial charge in [0, 0.05) is 13.1 Å². The van der Waals surface area contributed by atoms with Crippen LogP contribution in [0.4, 0.5) is 0 Å². The number of aryl methyl sites for hydroxylation is 1. The first kappa shape index (κ1) is 22.4. The molecule has 1 aliphatic rings. The van der Waals surface area contributed by atoms with Crippen LogP contribution in [0.25, 0.3) is 0 Å². The molecule has 0 heterocycles. The van der Waals surface area contributed by atoms with Crippen LogP contribution >= 0.6 is 0 Å². The van der Waals surface area contributed by atoms with Crippen LogP contribution in [0.2, 0.25) is 0 Å². The van der Waals surface area contributed by atoms with Crippen molar-refractivity contribution < 1.29 is 17.9 Å². The highest BCUT2D eigenvalue weighted by atomic mass is 32.2. The zero-order valence-electron chi connectivity index (χ0n) is 17.2. The molecule has 1 aromatic carbocycles. The van der Waals surface area contributed by atoms with Crippen LogP contribution in [0.1, 0.15) is 51.5 Å². The van der Waals surface area contributed by atoms with Crippen molar-refractivity contribution in [3.63, 3.8) is 0 Å². The minimum absolute atomic E-state index is 0.176. The number of rotatable bonds is 10. The Balaban J connectivity index is 1.97. The fourth-order valence-electron chi connectivity index (χ4n) is 3.33. The Morgan fingerprint density at radius 3 is 2.64 bits per heavy atom. The molecule has 1 aromatic rings. The molecule has 0 radical (unpaired) electrons. The van der Waals surface area contributed by atoms with Gasteiger partial charge in [0.15, 0.2) is 0 Å². The summed E-state index contributed by atoms with van der Waals surface area (Å²) in [6.45, 7) is 6.55. The van der Waals surface area contributed by atoms with Crippen LogP contribution in [0, 0.1) is 6.92 Å². The summed E-state index contributed by atoms with van der Waals surface area (Å²) in [7, 11) is -3.74. The van der Waals surface area contributed by atoms with Crippen LogP contribution < -0.4 is 10.1 Å². The summed E-state index contributed by atoms with van der Waals surface area (Å²) >= 11 is 0. The minimum atomic E-state index is -3.74. The number of carbonyl (C=O) groups excluding carboxylic acids is 1. The van der Waals surface area contributed by atoms with Crippen molar-refractivity contribution in [2.45, 2.75) is 57.8 Å². The summed E-state index contributed by atoms with van der Waals surface area (Å²) in [5, 5.41) is 2.85. The van der Waals surface area contributed by atoms with Crippen molar-refractivity contribution in [1.82, 2.24) is 9.62 Å². The van der Waals surface area contributed by atoms with Crippen molar-refractivity contribution >= 4 is 15.9 Å². The zero-order valence-corrected chi connectivity index (χ0v) is 18.0. The molecule has 0 saturated heterocycles. The van der Waals surface area contributed by atoms with E-state index < -0.39 is 10.0 Å². The number of amides is 1. The number of carbonyl (C=O) groups is 1. The summed E-state index contributed by atoms with van der Waals surface area (Å²) in [6.07, 6.45) is 7.76. The number of hydrogen-bond acceptors (Lipinski definition) is 4. The van der Waals surface area contributed by atoms with E-state index in [0.717, 1.165) is 24.8 Å². The van der Waals surface area contributed by atoms with E-state index in [1.54, 1.807) is 19.1 Å². The molecule has 0 unspecified atom stereocenters. The maximum Gasteiger partial charge on any atom is 0.243 e. The smallest absolute Gasteiger partial charge is 0.243 e. The fourth-order valence-corrected chi connectivity index (χ4v) is 4.82. The molecule has 0 aliphatic heterocycles. The summed E-state index contributed by atoms with van der Waals surface area (Å²) in [5.74, 6) is 0.392. The van der Waals surface area contributed by atoms with E-state index >= 15 is 0 Å². The van der Waals surface area contributed by atoms with E-state index in [9.17, 15) is 13.2 Å². The molecule has 1 amide bonds. The van der Waals surface area contributed by atoms with E-state index in [-0.39, 0.29) is 23.9 Å². The molecule has 0 saturated carbocycles. The molecule has 0 fully saturated rings. The average Bonchev–Trinajstić information content (AvgIpc) is 2.68. The van der Waals surface area contributed by atoms with Gasteiger partial charge in [0.2, 0.25) is 15.9 Å². The molecular formula is C21H32N2O4S. The molecule has 156 valence electrons. The molecule has 28 heavy (non-hydrogen) atoms. The van der Waals surface area contributed by atoms with Crippen molar-refractivity contribution in [3.8, 4) is 5.75 Å². The average molecular weight is 409 g/mol. The lowest BCUT2D eigenvalue weighted by Gasteiger charge is -2.21. The largest absolute Gasteiger partial charge is 0.494 e. The Morgan fingerprint density at radius 2 is 2.04 bits per heavy atom. The third-order valence-corrected chi connectivity index (χ3v) is 6.83. The van der Waals surface area contributed by atoms with Gasteiger partial charge < -0.3 is 10.1 Å². The normalized spacial score (nSPS) is 14.6. The van der Waals surface area contributed by atoms with E-state index in [1.807, 2.05) is 13.8 Å². The highest BCUT2D eigenvalue weighted by Gasteiger charge is 2.25. The van der Waals surface area contributed by atoms with Gasteiger partial charge in [-0.2, -0.15) is 4.31 Å². The lowest BCUT2D eigenvalue weighted by molar-refractivity contribution is -0.121. The number of sulfonamides is 1. The van der Waals surface area contributed by atoms with Crippen LogP contribution in [0.5, 0.6) is 5.75 Å². The van der Waals surface area contributed by atoms with E-state index in [4.69, 9.17) is 4.74 Å². The van der Waals surface area contributed by atoms with Gasteiger partial charge in [-0.3, -0.25) is 4.79 Å². The number of nitrogens with zero attached hydrogens (tertiary/aromatic N) is 1. The second-order valence-electron chi connectivity index (χ2n) is 7.00. The first-order chi connectivity index (χ1) is 13.4. The Labute approximate surface area is 169 Å². The molecule has 0 aromatic heterocycles. The molecule has 1 N–H and O–H groups in total. The Bertz CT molecular complexity index is 803. The van der Waals surface area contributed by atoms with Crippen LogP contribution in [0.15, 0.2) is 34.7 Å². The van der Waals surface area contributed by atoms with Crippen LogP contribution in [-0.2, 0) is 14.8 Å². The third-order valence-electron chi connectivity index (χ3n) is 4.91. The topological polar surface area (TPSA) is 75.7 Å². The van der Waals surface area contributed by atoms with Crippen molar-refractivity contribution in [1.29, 1.82) is 0 Å². The monoisotopic (exact) mass is 408 g/mol. The number of nitrogens with one attached hydrogen (secondary N) is 1. The summed E-state index contributed by atoms with van der Waals surface area (Å²) in [4.78, 5) is 12.5. The van der Waals surface area contributed by atoms with Crippen LogP contribution in [-0.4, -0.2) is 44.9 Å². The zero-order chi connectivity index (χ0) is 20.6. The molecule has 0 bridgehead atoms. The van der Waals surface area contributed by atoms with Gasteiger partial charge >= 0.3 is 0 Å². The van der Waals surface area contributed by atoms with E-state index in [2.05, 4.69) is 11.4 Å². The van der Waals surface area contributed by atoms with Gasteiger partial charge in [0.05, 0.1) is 18.0 Å². The lowest BCUT2D eigenvalue weighted by atomic mass is 9.97. The predicted molar refractivity (Wildman–Crippen MR) is 111 cm³/mol. The standard InChI is InChI=1S/C21H32N2O4S/c1-4-23(16-21(24)22-14-13-18-9-7-6-8-10-18)28(25,26)19-11-12-20(27-5-2)17(3)15-19/h9,11-12,15H,4-8,10,13-14,16H2,1-3H3,(H,22,24). The summed E-state index contributed by atoms with van der Waals surface area (Å²) in [5.41, 5.74) is 2.14. The quantitative estimate of drug-likeness (QED) is 0.602. The number of hydrogen-bond donors (Lipinski definition) is 1. The Hall–Kier alpha value is -1.86. The van der Waals surface area contributed by atoms with Crippen molar-refractivity contribution in [3.05, 3.63) is 35.4 Å².